The molecule has 15 heavy (non-hydrogen) atoms. The van der Waals surface area contributed by atoms with Gasteiger partial charge >= 0.3 is 0 Å². The van der Waals surface area contributed by atoms with Crippen LogP contribution in [-0.2, 0) is 0 Å². The van der Waals surface area contributed by atoms with Crippen LogP contribution in [0.5, 0.6) is 0 Å². The van der Waals surface area contributed by atoms with Gasteiger partial charge in [-0.05, 0) is 24.7 Å². The third kappa shape index (κ3) is 5.55. The minimum Gasteiger partial charge on any atom is -0.396 e. The van der Waals surface area contributed by atoms with Gasteiger partial charge in [0.2, 0.25) is 0 Å². The number of hydrogen-bond acceptors (Lipinski definition) is 1. The van der Waals surface area contributed by atoms with E-state index in [4.69, 9.17) is 5.11 Å². The first-order chi connectivity index (χ1) is 7.36. The van der Waals surface area contributed by atoms with E-state index in [1.54, 1.807) is 0 Å². The van der Waals surface area contributed by atoms with Crippen molar-refractivity contribution in [1.82, 2.24) is 0 Å². The number of aliphatic hydroxyl groups is 1. The standard InChI is InChI=1S/C14H28O/c1-2-3-4-5-6-7-13-8-10-14(12-15)11-9-13/h13-15H,2-12H2,1H3. The minimum atomic E-state index is 0.420. The molecule has 1 heteroatoms. The summed E-state index contributed by atoms with van der Waals surface area (Å²) in [5, 5.41) is 9.05. The largest absolute Gasteiger partial charge is 0.396 e. The van der Waals surface area contributed by atoms with E-state index in [0.29, 0.717) is 12.5 Å². The third-order valence-corrected chi connectivity index (χ3v) is 3.94. The maximum atomic E-state index is 9.05. The van der Waals surface area contributed by atoms with E-state index in [1.807, 2.05) is 0 Å². The van der Waals surface area contributed by atoms with Gasteiger partial charge in [0, 0.05) is 6.61 Å². The Kier molecular flexibility index (Phi) is 7.08. The van der Waals surface area contributed by atoms with Crippen LogP contribution < -0.4 is 0 Å². The normalized spacial score (nSPS) is 26.8. The highest BCUT2D eigenvalue weighted by atomic mass is 16.3. The van der Waals surface area contributed by atoms with E-state index < -0.39 is 0 Å². The molecule has 0 radical (unpaired) electrons. The molecule has 1 N–H and O–H groups in total. The summed E-state index contributed by atoms with van der Waals surface area (Å²) in [6.45, 7) is 2.69. The highest BCUT2D eigenvalue weighted by Crippen LogP contribution is 2.31. The van der Waals surface area contributed by atoms with Crippen molar-refractivity contribution in [3.8, 4) is 0 Å². The van der Waals surface area contributed by atoms with Crippen molar-refractivity contribution in [3.05, 3.63) is 0 Å². The molecule has 0 unspecified atom stereocenters. The molecule has 0 aliphatic heterocycles. The van der Waals surface area contributed by atoms with Crippen molar-refractivity contribution < 1.29 is 5.11 Å². The fraction of sp³-hybridized carbons (Fsp3) is 1.00. The lowest BCUT2D eigenvalue weighted by Gasteiger charge is -2.27. The zero-order valence-electron chi connectivity index (χ0n) is 10.4. The van der Waals surface area contributed by atoms with Crippen LogP contribution in [0, 0.1) is 11.8 Å². The number of rotatable bonds is 7. The molecular weight excluding hydrogens is 184 g/mol. The molecule has 1 saturated carbocycles. The van der Waals surface area contributed by atoms with Gasteiger partial charge in [0.05, 0.1) is 0 Å². The molecular formula is C14H28O. The maximum Gasteiger partial charge on any atom is 0.0459 e. The van der Waals surface area contributed by atoms with E-state index in [0.717, 1.165) is 5.92 Å². The van der Waals surface area contributed by atoms with Crippen molar-refractivity contribution in [2.75, 3.05) is 6.61 Å². The molecule has 0 heterocycles. The van der Waals surface area contributed by atoms with Gasteiger partial charge in [-0.3, -0.25) is 0 Å². The van der Waals surface area contributed by atoms with E-state index in [-0.39, 0.29) is 0 Å². The quantitative estimate of drug-likeness (QED) is 0.629. The smallest absolute Gasteiger partial charge is 0.0459 e. The lowest BCUT2D eigenvalue weighted by molar-refractivity contribution is 0.163. The first-order valence-electron chi connectivity index (χ1n) is 6.97. The second-order valence-corrected chi connectivity index (χ2v) is 5.27. The van der Waals surface area contributed by atoms with E-state index in [1.165, 1.54) is 64.2 Å². The molecule has 0 aromatic heterocycles. The van der Waals surface area contributed by atoms with E-state index >= 15 is 0 Å². The van der Waals surface area contributed by atoms with Gasteiger partial charge in [0.25, 0.3) is 0 Å². The van der Waals surface area contributed by atoms with Crippen molar-refractivity contribution in [2.24, 2.45) is 11.8 Å². The molecule has 0 amide bonds. The van der Waals surface area contributed by atoms with Crippen molar-refractivity contribution in [2.45, 2.75) is 71.1 Å². The van der Waals surface area contributed by atoms with E-state index in [9.17, 15) is 0 Å². The molecule has 1 fully saturated rings. The highest BCUT2D eigenvalue weighted by molar-refractivity contribution is 4.71. The van der Waals surface area contributed by atoms with Crippen LogP contribution in [0.2, 0.25) is 0 Å². The summed E-state index contributed by atoms with van der Waals surface area (Å²) in [5.41, 5.74) is 0. The predicted molar refractivity (Wildman–Crippen MR) is 65.9 cm³/mol. The summed E-state index contributed by atoms with van der Waals surface area (Å²) in [6.07, 6.45) is 13.8. The molecule has 1 aliphatic carbocycles. The Morgan fingerprint density at radius 1 is 0.867 bits per heavy atom. The number of unbranched alkanes of at least 4 members (excludes halogenated alkanes) is 4. The molecule has 0 aromatic carbocycles. The SMILES string of the molecule is CCCCCCCC1CCC(CO)CC1. The van der Waals surface area contributed by atoms with Crippen molar-refractivity contribution >= 4 is 0 Å². The minimum absolute atomic E-state index is 0.420. The van der Waals surface area contributed by atoms with Gasteiger partial charge < -0.3 is 5.11 Å². The summed E-state index contributed by atoms with van der Waals surface area (Å²) < 4.78 is 0. The molecule has 0 bridgehead atoms. The second kappa shape index (κ2) is 8.15. The summed E-state index contributed by atoms with van der Waals surface area (Å²) in [7, 11) is 0. The van der Waals surface area contributed by atoms with Gasteiger partial charge in [0.1, 0.15) is 0 Å². The third-order valence-electron chi connectivity index (χ3n) is 3.94. The first-order valence-corrected chi connectivity index (χ1v) is 6.97. The molecule has 90 valence electrons. The Morgan fingerprint density at radius 3 is 2.07 bits per heavy atom. The van der Waals surface area contributed by atoms with E-state index in [2.05, 4.69) is 6.92 Å². The monoisotopic (exact) mass is 212 g/mol. The lowest BCUT2D eigenvalue weighted by atomic mass is 9.80. The Labute approximate surface area is 95.3 Å². The Balaban J connectivity index is 1.94. The highest BCUT2D eigenvalue weighted by Gasteiger charge is 2.19. The molecule has 1 aliphatic rings. The molecule has 1 rings (SSSR count). The fourth-order valence-corrected chi connectivity index (χ4v) is 2.74. The van der Waals surface area contributed by atoms with Gasteiger partial charge in [-0.2, -0.15) is 0 Å². The molecule has 0 atom stereocenters. The first kappa shape index (κ1) is 13.0. The van der Waals surface area contributed by atoms with Gasteiger partial charge in [-0.1, -0.05) is 58.3 Å². The fourth-order valence-electron chi connectivity index (χ4n) is 2.74. The Morgan fingerprint density at radius 2 is 1.47 bits per heavy atom. The average Bonchev–Trinajstić information content (AvgIpc) is 2.30. The molecule has 1 nitrogen and oxygen atoms in total. The summed E-state index contributed by atoms with van der Waals surface area (Å²) in [4.78, 5) is 0. The number of hydrogen-bond donors (Lipinski definition) is 1. The summed E-state index contributed by atoms with van der Waals surface area (Å²) in [6, 6.07) is 0. The lowest BCUT2D eigenvalue weighted by Crippen LogP contribution is -2.17. The molecule has 0 saturated heterocycles. The van der Waals surface area contributed by atoms with Crippen LogP contribution in [-0.4, -0.2) is 11.7 Å². The second-order valence-electron chi connectivity index (χ2n) is 5.27. The number of aliphatic hydroxyl groups excluding tert-OH is 1. The summed E-state index contributed by atoms with van der Waals surface area (Å²) in [5.74, 6) is 1.61. The molecule has 0 spiro atoms. The van der Waals surface area contributed by atoms with Crippen LogP contribution >= 0.6 is 0 Å². The van der Waals surface area contributed by atoms with Crippen LogP contribution in [0.3, 0.4) is 0 Å². The van der Waals surface area contributed by atoms with Gasteiger partial charge in [-0.15, -0.1) is 0 Å². The van der Waals surface area contributed by atoms with Crippen molar-refractivity contribution in [1.29, 1.82) is 0 Å². The zero-order valence-corrected chi connectivity index (χ0v) is 10.4. The zero-order chi connectivity index (χ0) is 10.9. The van der Waals surface area contributed by atoms with Crippen molar-refractivity contribution in [3.63, 3.8) is 0 Å². The molecule has 0 aromatic rings. The van der Waals surface area contributed by atoms with Gasteiger partial charge in [0.15, 0.2) is 0 Å². The predicted octanol–water partition coefficient (Wildman–Crippen LogP) is 4.15. The topological polar surface area (TPSA) is 20.2 Å². The average molecular weight is 212 g/mol. The van der Waals surface area contributed by atoms with Crippen LogP contribution in [0.1, 0.15) is 71.1 Å². The van der Waals surface area contributed by atoms with Crippen LogP contribution in [0.25, 0.3) is 0 Å². The van der Waals surface area contributed by atoms with Crippen LogP contribution in [0.15, 0.2) is 0 Å². The summed E-state index contributed by atoms with van der Waals surface area (Å²) >= 11 is 0. The maximum absolute atomic E-state index is 9.05. The van der Waals surface area contributed by atoms with Gasteiger partial charge in [-0.25, -0.2) is 0 Å². The Bertz CT molecular complexity index is 136. The Hall–Kier alpha value is -0.0400. The van der Waals surface area contributed by atoms with Crippen LogP contribution in [0.4, 0.5) is 0 Å².